The SMILES string of the molecule is Cc1ccc(C)c(Nc2nccc(NCCc3ccccc3F)n2)c1. The fraction of sp³-hybridized carbons (Fsp3) is 0.200. The van der Waals surface area contributed by atoms with Gasteiger partial charge in [-0.25, -0.2) is 9.37 Å². The number of aromatic nitrogens is 2. The van der Waals surface area contributed by atoms with Crippen molar-refractivity contribution in [3.63, 3.8) is 0 Å². The molecule has 0 aliphatic rings. The van der Waals surface area contributed by atoms with Crippen molar-refractivity contribution in [3.8, 4) is 0 Å². The van der Waals surface area contributed by atoms with Gasteiger partial charge in [0, 0.05) is 18.4 Å². The Bertz CT molecular complexity index is 864. The minimum absolute atomic E-state index is 0.177. The van der Waals surface area contributed by atoms with Crippen molar-refractivity contribution in [3.05, 3.63) is 77.2 Å². The monoisotopic (exact) mass is 336 g/mol. The standard InChI is InChI=1S/C20H21FN4/c1-14-7-8-15(2)18(13-14)24-20-23-12-10-19(25-20)22-11-9-16-5-3-4-6-17(16)21/h3-8,10,12-13H,9,11H2,1-2H3,(H2,22,23,24,25). The molecule has 0 aliphatic heterocycles. The summed E-state index contributed by atoms with van der Waals surface area (Å²) in [5.41, 5.74) is 3.99. The van der Waals surface area contributed by atoms with Crippen LogP contribution in [0.2, 0.25) is 0 Å². The third-order valence-corrected chi connectivity index (χ3v) is 3.95. The minimum Gasteiger partial charge on any atom is -0.370 e. The molecule has 128 valence electrons. The third kappa shape index (κ3) is 4.53. The molecule has 5 heteroatoms. The van der Waals surface area contributed by atoms with Crippen molar-refractivity contribution < 1.29 is 4.39 Å². The maximum absolute atomic E-state index is 13.6. The van der Waals surface area contributed by atoms with Gasteiger partial charge in [-0.15, -0.1) is 0 Å². The van der Waals surface area contributed by atoms with E-state index in [2.05, 4.69) is 38.8 Å². The quantitative estimate of drug-likeness (QED) is 0.689. The van der Waals surface area contributed by atoms with Crippen molar-refractivity contribution in [2.24, 2.45) is 0 Å². The zero-order chi connectivity index (χ0) is 17.6. The molecule has 0 bridgehead atoms. The van der Waals surface area contributed by atoms with Gasteiger partial charge >= 0.3 is 0 Å². The van der Waals surface area contributed by atoms with E-state index < -0.39 is 0 Å². The van der Waals surface area contributed by atoms with Crippen LogP contribution in [0, 0.1) is 19.7 Å². The van der Waals surface area contributed by atoms with E-state index in [0.29, 0.717) is 30.3 Å². The highest BCUT2D eigenvalue weighted by atomic mass is 19.1. The fourth-order valence-corrected chi connectivity index (χ4v) is 2.53. The lowest BCUT2D eigenvalue weighted by molar-refractivity contribution is 0.610. The van der Waals surface area contributed by atoms with Gasteiger partial charge < -0.3 is 10.6 Å². The van der Waals surface area contributed by atoms with Gasteiger partial charge in [0.2, 0.25) is 5.95 Å². The molecule has 0 saturated carbocycles. The van der Waals surface area contributed by atoms with Crippen LogP contribution in [0.15, 0.2) is 54.7 Å². The Hall–Kier alpha value is -2.95. The number of anilines is 3. The molecule has 0 unspecified atom stereocenters. The molecule has 0 spiro atoms. The molecule has 0 atom stereocenters. The summed E-state index contributed by atoms with van der Waals surface area (Å²) in [6.07, 6.45) is 2.29. The molecule has 3 aromatic rings. The van der Waals surface area contributed by atoms with Gasteiger partial charge in [-0.1, -0.05) is 30.3 Å². The molecule has 25 heavy (non-hydrogen) atoms. The third-order valence-electron chi connectivity index (χ3n) is 3.95. The van der Waals surface area contributed by atoms with Gasteiger partial charge in [0.25, 0.3) is 0 Å². The fourth-order valence-electron chi connectivity index (χ4n) is 2.53. The van der Waals surface area contributed by atoms with E-state index in [1.807, 2.05) is 19.9 Å². The van der Waals surface area contributed by atoms with E-state index in [1.165, 1.54) is 11.6 Å². The van der Waals surface area contributed by atoms with E-state index in [0.717, 1.165) is 11.3 Å². The lowest BCUT2D eigenvalue weighted by atomic mass is 10.1. The zero-order valence-electron chi connectivity index (χ0n) is 14.4. The number of aryl methyl sites for hydroxylation is 2. The van der Waals surface area contributed by atoms with Gasteiger partial charge in [0.1, 0.15) is 11.6 Å². The van der Waals surface area contributed by atoms with Crippen LogP contribution < -0.4 is 10.6 Å². The highest BCUT2D eigenvalue weighted by Crippen LogP contribution is 2.20. The zero-order valence-corrected chi connectivity index (χ0v) is 14.4. The molecule has 1 heterocycles. The number of halogens is 1. The maximum atomic E-state index is 13.6. The first-order valence-electron chi connectivity index (χ1n) is 8.26. The molecule has 0 amide bonds. The van der Waals surface area contributed by atoms with Crippen LogP contribution in [-0.4, -0.2) is 16.5 Å². The van der Waals surface area contributed by atoms with Gasteiger partial charge in [-0.2, -0.15) is 4.98 Å². The van der Waals surface area contributed by atoms with Crippen molar-refractivity contribution in [2.75, 3.05) is 17.2 Å². The number of rotatable bonds is 6. The lowest BCUT2D eigenvalue weighted by Gasteiger charge is -2.11. The summed E-state index contributed by atoms with van der Waals surface area (Å²) in [6, 6.07) is 14.8. The Morgan fingerprint density at radius 1 is 1.04 bits per heavy atom. The molecule has 0 aliphatic carbocycles. The largest absolute Gasteiger partial charge is 0.370 e. The van der Waals surface area contributed by atoms with E-state index in [-0.39, 0.29) is 5.82 Å². The molecule has 2 aromatic carbocycles. The van der Waals surface area contributed by atoms with Crippen LogP contribution in [0.5, 0.6) is 0 Å². The summed E-state index contributed by atoms with van der Waals surface area (Å²) in [4.78, 5) is 8.73. The van der Waals surface area contributed by atoms with E-state index in [9.17, 15) is 4.39 Å². The first-order chi connectivity index (χ1) is 12.1. The van der Waals surface area contributed by atoms with E-state index in [1.54, 1.807) is 24.4 Å². The molecular weight excluding hydrogens is 315 g/mol. The molecule has 4 nitrogen and oxygen atoms in total. The highest BCUT2D eigenvalue weighted by molar-refractivity contribution is 5.60. The second-order valence-corrected chi connectivity index (χ2v) is 5.98. The van der Waals surface area contributed by atoms with Gasteiger partial charge in [0.05, 0.1) is 0 Å². The predicted molar refractivity (Wildman–Crippen MR) is 99.8 cm³/mol. The predicted octanol–water partition coefficient (Wildman–Crippen LogP) is 4.63. The summed E-state index contributed by atoms with van der Waals surface area (Å²) in [7, 11) is 0. The van der Waals surface area contributed by atoms with Crippen molar-refractivity contribution in [1.29, 1.82) is 0 Å². The molecule has 1 aromatic heterocycles. The normalized spacial score (nSPS) is 10.5. The van der Waals surface area contributed by atoms with Crippen LogP contribution in [0.1, 0.15) is 16.7 Å². The Labute approximate surface area is 147 Å². The number of hydrogen-bond donors (Lipinski definition) is 2. The molecule has 2 N–H and O–H groups in total. The number of nitrogens with one attached hydrogen (secondary N) is 2. The Kier molecular flexibility index (Phi) is 5.23. The van der Waals surface area contributed by atoms with Crippen molar-refractivity contribution >= 4 is 17.5 Å². The maximum Gasteiger partial charge on any atom is 0.229 e. The molecule has 0 fully saturated rings. The topological polar surface area (TPSA) is 49.8 Å². The second kappa shape index (κ2) is 7.75. The van der Waals surface area contributed by atoms with E-state index >= 15 is 0 Å². The van der Waals surface area contributed by atoms with Crippen molar-refractivity contribution in [1.82, 2.24) is 9.97 Å². The van der Waals surface area contributed by atoms with Gasteiger partial charge in [0.15, 0.2) is 0 Å². The number of hydrogen-bond acceptors (Lipinski definition) is 4. The molecule has 0 radical (unpaired) electrons. The second-order valence-electron chi connectivity index (χ2n) is 5.98. The summed E-state index contributed by atoms with van der Waals surface area (Å²) in [6.45, 7) is 4.69. The smallest absolute Gasteiger partial charge is 0.229 e. The number of benzene rings is 2. The van der Waals surface area contributed by atoms with Gasteiger partial charge in [-0.05, 0) is 55.2 Å². The van der Waals surface area contributed by atoms with Crippen LogP contribution in [-0.2, 0) is 6.42 Å². The highest BCUT2D eigenvalue weighted by Gasteiger charge is 2.04. The Morgan fingerprint density at radius 3 is 2.72 bits per heavy atom. The summed E-state index contributed by atoms with van der Waals surface area (Å²) in [5, 5.41) is 6.46. The first kappa shape index (κ1) is 16.9. The van der Waals surface area contributed by atoms with Crippen LogP contribution in [0.25, 0.3) is 0 Å². The van der Waals surface area contributed by atoms with Gasteiger partial charge in [-0.3, -0.25) is 0 Å². The lowest BCUT2D eigenvalue weighted by Crippen LogP contribution is -2.08. The number of nitrogens with zero attached hydrogens (tertiary/aromatic N) is 2. The first-order valence-corrected chi connectivity index (χ1v) is 8.26. The molecule has 0 saturated heterocycles. The molecular formula is C20H21FN4. The average Bonchev–Trinajstić information content (AvgIpc) is 2.60. The Morgan fingerprint density at radius 2 is 1.88 bits per heavy atom. The summed E-state index contributed by atoms with van der Waals surface area (Å²) < 4.78 is 13.6. The minimum atomic E-state index is -0.177. The Balaban J connectivity index is 1.63. The van der Waals surface area contributed by atoms with Crippen LogP contribution >= 0.6 is 0 Å². The van der Waals surface area contributed by atoms with Crippen LogP contribution in [0.3, 0.4) is 0 Å². The van der Waals surface area contributed by atoms with E-state index in [4.69, 9.17) is 0 Å². The summed E-state index contributed by atoms with van der Waals surface area (Å²) in [5.74, 6) is 1.06. The van der Waals surface area contributed by atoms with Crippen LogP contribution in [0.4, 0.5) is 21.8 Å². The average molecular weight is 336 g/mol. The summed E-state index contributed by atoms with van der Waals surface area (Å²) >= 11 is 0. The van der Waals surface area contributed by atoms with Crippen molar-refractivity contribution in [2.45, 2.75) is 20.3 Å². The molecule has 3 rings (SSSR count).